The molecule has 1 aliphatic heterocycles. The quantitative estimate of drug-likeness (QED) is 0.863. The second-order valence-corrected chi connectivity index (χ2v) is 5.49. The SMILES string of the molecule is COCc1nnc(-n2nnc(C(=O)O)c2C2CCCO2)s1. The Balaban J connectivity index is 2.02. The maximum absolute atomic E-state index is 11.3. The highest BCUT2D eigenvalue weighted by Crippen LogP contribution is 2.32. The second kappa shape index (κ2) is 5.84. The van der Waals surface area contributed by atoms with Crippen molar-refractivity contribution in [3.8, 4) is 5.13 Å². The molecule has 10 heteroatoms. The van der Waals surface area contributed by atoms with E-state index in [9.17, 15) is 9.90 Å². The maximum Gasteiger partial charge on any atom is 0.358 e. The first kappa shape index (κ1) is 14.0. The molecule has 0 aromatic carbocycles. The van der Waals surface area contributed by atoms with Crippen LogP contribution < -0.4 is 0 Å². The third-order valence-electron chi connectivity index (χ3n) is 3.05. The van der Waals surface area contributed by atoms with Crippen molar-refractivity contribution in [2.45, 2.75) is 25.6 Å². The van der Waals surface area contributed by atoms with Gasteiger partial charge in [-0.2, -0.15) is 4.68 Å². The molecule has 0 saturated carbocycles. The molecule has 21 heavy (non-hydrogen) atoms. The Hall–Kier alpha value is -1.91. The highest BCUT2D eigenvalue weighted by Gasteiger charge is 2.31. The highest BCUT2D eigenvalue weighted by molar-refractivity contribution is 7.13. The summed E-state index contributed by atoms with van der Waals surface area (Å²) in [6.07, 6.45) is 1.28. The van der Waals surface area contributed by atoms with Gasteiger partial charge in [0, 0.05) is 13.7 Å². The Morgan fingerprint density at radius 2 is 2.38 bits per heavy atom. The van der Waals surface area contributed by atoms with E-state index in [1.807, 2.05) is 0 Å². The zero-order chi connectivity index (χ0) is 14.8. The fraction of sp³-hybridized carbons (Fsp3) is 0.545. The van der Waals surface area contributed by atoms with Gasteiger partial charge in [-0.05, 0) is 12.8 Å². The minimum atomic E-state index is -1.13. The lowest BCUT2D eigenvalue weighted by atomic mass is 10.1. The third-order valence-corrected chi connectivity index (χ3v) is 3.92. The van der Waals surface area contributed by atoms with Gasteiger partial charge in [0.1, 0.15) is 23.4 Å². The van der Waals surface area contributed by atoms with Crippen LogP contribution in [0.1, 0.15) is 40.1 Å². The second-order valence-electron chi connectivity index (χ2n) is 4.45. The zero-order valence-electron chi connectivity index (χ0n) is 11.2. The lowest BCUT2D eigenvalue weighted by molar-refractivity contribution is 0.0673. The highest BCUT2D eigenvalue weighted by atomic mass is 32.1. The molecule has 112 valence electrons. The summed E-state index contributed by atoms with van der Waals surface area (Å²) in [4.78, 5) is 11.3. The topological polar surface area (TPSA) is 112 Å². The molecule has 3 heterocycles. The molecule has 1 N–H and O–H groups in total. The van der Waals surface area contributed by atoms with Crippen LogP contribution in [0.5, 0.6) is 0 Å². The fourth-order valence-electron chi connectivity index (χ4n) is 2.18. The molecule has 0 aliphatic carbocycles. The Morgan fingerprint density at radius 1 is 1.52 bits per heavy atom. The van der Waals surface area contributed by atoms with E-state index >= 15 is 0 Å². The van der Waals surface area contributed by atoms with Crippen molar-refractivity contribution < 1.29 is 19.4 Å². The van der Waals surface area contributed by atoms with Crippen LogP contribution in [0.25, 0.3) is 5.13 Å². The predicted octanol–water partition coefficient (Wildman–Crippen LogP) is 0.815. The fourth-order valence-corrected chi connectivity index (χ4v) is 2.95. The number of carbonyl (C=O) groups is 1. The molecule has 1 fully saturated rings. The van der Waals surface area contributed by atoms with E-state index in [0.29, 0.717) is 29.0 Å². The number of carboxylic acids is 1. The Kier molecular flexibility index (Phi) is 3.90. The van der Waals surface area contributed by atoms with Crippen molar-refractivity contribution in [3.05, 3.63) is 16.4 Å². The number of carboxylic acid groups (broad SMARTS) is 1. The summed E-state index contributed by atoms with van der Waals surface area (Å²) < 4.78 is 12.0. The number of methoxy groups -OCH3 is 1. The van der Waals surface area contributed by atoms with Crippen LogP contribution in [0.3, 0.4) is 0 Å². The molecular weight excluding hydrogens is 298 g/mol. The molecule has 0 radical (unpaired) electrons. The van der Waals surface area contributed by atoms with Crippen molar-refractivity contribution >= 4 is 17.3 Å². The Labute approximate surface area is 123 Å². The van der Waals surface area contributed by atoms with Gasteiger partial charge >= 0.3 is 5.97 Å². The molecule has 1 atom stereocenters. The molecular formula is C11H13N5O4S. The van der Waals surface area contributed by atoms with E-state index in [1.54, 1.807) is 7.11 Å². The van der Waals surface area contributed by atoms with Crippen LogP contribution in [-0.2, 0) is 16.1 Å². The number of hydrogen-bond donors (Lipinski definition) is 1. The van der Waals surface area contributed by atoms with Crippen LogP contribution in [0, 0.1) is 0 Å². The van der Waals surface area contributed by atoms with Crippen molar-refractivity contribution in [3.63, 3.8) is 0 Å². The molecule has 2 aromatic rings. The third kappa shape index (κ3) is 2.64. The minimum absolute atomic E-state index is 0.106. The summed E-state index contributed by atoms with van der Waals surface area (Å²) in [5, 5.41) is 26.0. The number of aromatic carboxylic acids is 1. The average Bonchev–Trinajstić information content (AvgIpc) is 3.18. The number of aromatic nitrogens is 5. The lowest BCUT2D eigenvalue weighted by Gasteiger charge is -2.10. The van der Waals surface area contributed by atoms with Crippen LogP contribution in [0.4, 0.5) is 0 Å². The maximum atomic E-state index is 11.3. The Bertz CT molecular complexity index is 649. The van der Waals surface area contributed by atoms with Gasteiger partial charge in [0.15, 0.2) is 5.69 Å². The van der Waals surface area contributed by atoms with E-state index in [4.69, 9.17) is 9.47 Å². The summed E-state index contributed by atoms with van der Waals surface area (Å²) in [6.45, 7) is 0.938. The first-order valence-corrected chi connectivity index (χ1v) is 7.14. The predicted molar refractivity (Wildman–Crippen MR) is 70.4 cm³/mol. The van der Waals surface area contributed by atoms with Crippen molar-refractivity contribution in [2.24, 2.45) is 0 Å². The minimum Gasteiger partial charge on any atom is -0.476 e. The zero-order valence-corrected chi connectivity index (χ0v) is 12.0. The molecule has 0 amide bonds. The largest absolute Gasteiger partial charge is 0.476 e. The molecule has 1 aliphatic rings. The number of nitrogens with zero attached hydrogens (tertiary/aromatic N) is 5. The van der Waals surface area contributed by atoms with E-state index in [2.05, 4.69) is 20.5 Å². The van der Waals surface area contributed by atoms with E-state index in [1.165, 1.54) is 16.0 Å². The molecule has 3 rings (SSSR count). The van der Waals surface area contributed by atoms with E-state index in [0.717, 1.165) is 12.8 Å². The van der Waals surface area contributed by atoms with Gasteiger partial charge < -0.3 is 14.6 Å². The molecule has 1 saturated heterocycles. The lowest BCUT2D eigenvalue weighted by Crippen LogP contribution is -2.11. The van der Waals surface area contributed by atoms with Crippen LogP contribution in [0.15, 0.2) is 0 Å². The smallest absolute Gasteiger partial charge is 0.358 e. The van der Waals surface area contributed by atoms with Crippen molar-refractivity contribution in [1.82, 2.24) is 25.2 Å². The Morgan fingerprint density at radius 3 is 3.05 bits per heavy atom. The average molecular weight is 311 g/mol. The summed E-state index contributed by atoms with van der Waals surface area (Å²) >= 11 is 1.27. The molecule has 1 unspecified atom stereocenters. The van der Waals surface area contributed by atoms with Gasteiger partial charge in [-0.15, -0.1) is 15.3 Å². The van der Waals surface area contributed by atoms with Crippen LogP contribution in [-0.4, -0.2) is 50.0 Å². The van der Waals surface area contributed by atoms with Gasteiger partial charge in [0.2, 0.25) is 5.13 Å². The summed E-state index contributed by atoms with van der Waals surface area (Å²) in [5.74, 6) is -1.13. The van der Waals surface area contributed by atoms with Gasteiger partial charge in [-0.1, -0.05) is 16.6 Å². The van der Waals surface area contributed by atoms with E-state index < -0.39 is 5.97 Å². The van der Waals surface area contributed by atoms with Gasteiger partial charge in [-0.3, -0.25) is 0 Å². The standard InChI is InChI=1S/C11H13N5O4S/c1-19-5-7-12-14-11(21-7)16-9(6-3-2-4-20-6)8(10(17)18)13-15-16/h6H,2-5H2,1H3,(H,17,18). The molecule has 9 nitrogen and oxygen atoms in total. The normalized spacial score (nSPS) is 18.2. The number of ether oxygens (including phenoxy) is 2. The monoisotopic (exact) mass is 311 g/mol. The van der Waals surface area contributed by atoms with Gasteiger partial charge in [0.05, 0.1) is 0 Å². The van der Waals surface area contributed by atoms with Crippen molar-refractivity contribution in [1.29, 1.82) is 0 Å². The van der Waals surface area contributed by atoms with Gasteiger partial charge in [0.25, 0.3) is 0 Å². The summed E-state index contributed by atoms with van der Waals surface area (Å²) in [5.41, 5.74) is 0.311. The first-order valence-electron chi connectivity index (χ1n) is 6.33. The molecule has 2 aromatic heterocycles. The van der Waals surface area contributed by atoms with Gasteiger partial charge in [-0.25, -0.2) is 4.79 Å². The number of rotatable bonds is 5. The van der Waals surface area contributed by atoms with Crippen LogP contribution in [0.2, 0.25) is 0 Å². The van der Waals surface area contributed by atoms with Crippen molar-refractivity contribution in [2.75, 3.05) is 13.7 Å². The summed E-state index contributed by atoms with van der Waals surface area (Å²) in [7, 11) is 1.57. The number of hydrogen-bond acceptors (Lipinski definition) is 8. The molecule has 0 bridgehead atoms. The first-order chi connectivity index (χ1) is 10.2. The molecule has 0 spiro atoms. The summed E-state index contributed by atoms with van der Waals surface area (Å²) in [6, 6.07) is 0. The van der Waals surface area contributed by atoms with E-state index in [-0.39, 0.29) is 11.8 Å². The van der Waals surface area contributed by atoms with Crippen LogP contribution >= 0.6 is 11.3 Å².